The van der Waals surface area contributed by atoms with Crippen LogP contribution in [0.25, 0.3) is 55.7 Å². The summed E-state index contributed by atoms with van der Waals surface area (Å²) < 4.78 is 19.7. The molecule has 0 radical (unpaired) electrons. The summed E-state index contributed by atoms with van der Waals surface area (Å²) in [7, 11) is 4.01. The minimum atomic E-state index is -0.299. The molecule has 8 nitrogen and oxygen atoms in total. The van der Waals surface area contributed by atoms with Crippen LogP contribution in [0, 0.1) is 5.82 Å². The molecule has 0 bridgehead atoms. The van der Waals surface area contributed by atoms with Crippen molar-refractivity contribution in [1.82, 2.24) is 35.0 Å². The number of aromatic nitrogens is 6. The van der Waals surface area contributed by atoms with Crippen LogP contribution in [0.3, 0.4) is 0 Å². The van der Waals surface area contributed by atoms with E-state index < -0.39 is 0 Å². The molecule has 5 aromatic heterocycles. The summed E-state index contributed by atoms with van der Waals surface area (Å²) in [4.78, 5) is 19.0. The number of nitrogens with zero attached hydrogens (tertiary/aromatic N) is 5. The van der Waals surface area contributed by atoms with Gasteiger partial charge in [-0.1, -0.05) is 12.1 Å². The van der Waals surface area contributed by atoms with Gasteiger partial charge in [0.25, 0.3) is 0 Å². The fourth-order valence-corrected chi connectivity index (χ4v) is 4.31. The van der Waals surface area contributed by atoms with Gasteiger partial charge in [-0.3, -0.25) is 20.1 Å². The van der Waals surface area contributed by atoms with E-state index in [2.05, 4.69) is 35.0 Å². The minimum Gasteiger partial charge on any atom is -0.491 e. The van der Waals surface area contributed by atoms with E-state index in [-0.39, 0.29) is 5.82 Å². The van der Waals surface area contributed by atoms with E-state index in [9.17, 15) is 4.39 Å². The lowest BCUT2D eigenvalue weighted by atomic mass is 10.1. The molecule has 9 heteroatoms. The Morgan fingerprint density at radius 2 is 1.78 bits per heavy atom. The number of rotatable bonds is 7. The number of hydrogen-bond donors (Lipinski definition) is 2. The molecule has 0 unspecified atom stereocenters. The van der Waals surface area contributed by atoms with Crippen molar-refractivity contribution < 1.29 is 9.13 Å². The molecule has 184 valence electrons. The van der Waals surface area contributed by atoms with Gasteiger partial charge in [0.1, 0.15) is 23.9 Å². The van der Waals surface area contributed by atoms with Gasteiger partial charge in [0.2, 0.25) is 0 Å². The van der Waals surface area contributed by atoms with Crippen molar-refractivity contribution in [2.75, 3.05) is 27.2 Å². The van der Waals surface area contributed by atoms with Gasteiger partial charge in [-0.25, -0.2) is 4.39 Å². The highest BCUT2D eigenvalue weighted by Gasteiger charge is 2.16. The number of hydrogen-bond acceptors (Lipinski definition) is 6. The first-order valence-corrected chi connectivity index (χ1v) is 11.9. The highest BCUT2D eigenvalue weighted by Crippen LogP contribution is 2.34. The van der Waals surface area contributed by atoms with Crippen LogP contribution in [-0.2, 0) is 0 Å². The predicted octanol–water partition coefficient (Wildman–Crippen LogP) is 5.31. The first-order chi connectivity index (χ1) is 18.0. The Hall–Kier alpha value is -4.63. The number of H-pyrrole nitrogens is 2. The van der Waals surface area contributed by atoms with Gasteiger partial charge in [0.15, 0.2) is 0 Å². The molecule has 1 aromatic carbocycles. The molecule has 0 saturated carbocycles. The summed E-state index contributed by atoms with van der Waals surface area (Å²) in [6.45, 7) is 1.39. The topological polar surface area (TPSA) is 95.6 Å². The molecule has 6 rings (SSSR count). The average Bonchev–Trinajstić information content (AvgIpc) is 3.52. The molecular formula is C28H24FN7O. The van der Waals surface area contributed by atoms with Crippen LogP contribution >= 0.6 is 0 Å². The zero-order valence-corrected chi connectivity index (χ0v) is 20.4. The number of aromatic amines is 2. The highest BCUT2D eigenvalue weighted by molar-refractivity contribution is 6.00. The van der Waals surface area contributed by atoms with Gasteiger partial charge in [-0.15, -0.1) is 0 Å². The van der Waals surface area contributed by atoms with Gasteiger partial charge in [-0.05, 0) is 50.5 Å². The number of pyridine rings is 3. The predicted molar refractivity (Wildman–Crippen MR) is 142 cm³/mol. The van der Waals surface area contributed by atoms with Gasteiger partial charge in [0.05, 0.1) is 35.0 Å². The number of halogens is 1. The third kappa shape index (κ3) is 4.52. The van der Waals surface area contributed by atoms with E-state index in [1.165, 1.54) is 12.1 Å². The molecule has 5 heterocycles. The lowest BCUT2D eigenvalue weighted by Crippen LogP contribution is -2.19. The van der Waals surface area contributed by atoms with Crippen LogP contribution in [0.5, 0.6) is 5.75 Å². The number of likely N-dealkylation sites (N-methyl/N-ethyl adjacent to an activating group) is 1. The largest absolute Gasteiger partial charge is 0.491 e. The second kappa shape index (κ2) is 9.44. The third-order valence-corrected chi connectivity index (χ3v) is 6.16. The molecule has 0 aliphatic carbocycles. The summed E-state index contributed by atoms with van der Waals surface area (Å²) >= 11 is 0. The summed E-state index contributed by atoms with van der Waals surface area (Å²) in [5.41, 5.74) is 6.32. The van der Waals surface area contributed by atoms with E-state index in [0.717, 1.165) is 56.6 Å². The molecule has 2 N–H and O–H groups in total. The van der Waals surface area contributed by atoms with Crippen molar-refractivity contribution in [2.45, 2.75) is 0 Å². The van der Waals surface area contributed by atoms with Crippen molar-refractivity contribution in [3.05, 3.63) is 79.1 Å². The average molecular weight is 494 g/mol. The normalized spacial score (nSPS) is 11.6. The summed E-state index contributed by atoms with van der Waals surface area (Å²) in [6.07, 6.45) is 6.96. The Labute approximate surface area is 212 Å². The Morgan fingerprint density at radius 3 is 2.65 bits per heavy atom. The molecule has 6 aromatic rings. The minimum absolute atomic E-state index is 0.299. The van der Waals surface area contributed by atoms with Crippen molar-refractivity contribution in [3.8, 4) is 39.7 Å². The van der Waals surface area contributed by atoms with Crippen LogP contribution in [0.1, 0.15) is 0 Å². The van der Waals surface area contributed by atoms with Crippen molar-refractivity contribution in [1.29, 1.82) is 0 Å². The first kappa shape index (κ1) is 22.8. The molecule has 0 atom stereocenters. The van der Waals surface area contributed by atoms with E-state index >= 15 is 0 Å². The van der Waals surface area contributed by atoms with E-state index in [1.54, 1.807) is 30.9 Å². The quantitative estimate of drug-likeness (QED) is 0.313. The molecule has 0 fully saturated rings. The zero-order chi connectivity index (χ0) is 25.4. The first-order valence-electron chi connectivity index (χ1n) is 11.9. The van der Waals surface area contributed by atoms with E-state index in [1.807, 2.05) is 44.4 Å². The standard InChI is InChI=1S/C28H24FN7O/c1-36(2)8-9-37-20-11-18(14-30-15-20)24-12-22-26(16-32-24)34-35-28(22)25-13-21-23(33-25)6-7-31-27(21)17-4-3-5-19(29)10-17/h3-7,10-16,33H,8-9H2,1-2H3,(H,34,35). The number of ether oxygens (including phenoxy) is 1. The molecule has 0 aliphatic rings. The summed E-state index contributed by atoms with van der Waals surface area (Å²) in [6, 6.07) is 14.3. The molecule has 0 saturated heterocycles. The summed E-state index contributed by atoms with van der Waals surface area (Å²) in [5, 5.41) is 9.44. The van der Waals surface area contributed by atoms with Crippen LogP contribution in [0.2, 0.25) is 0 Å². The smallest absolute Gasteiger partial charge is 0.138 e. The Kier molecular flexibility index (Phi) is 5.82. The van der Waals surface area contributed by atoms with Crippen LogP contribution in [0.4, 0.5) is 4.39 Å². The highest BCUT2D eigenvalue weighted by atomic mass is 19.1. The second-order valence-corrected chi connectivity index (χ2v) is 9.06. The maximum Gasteiger partial charge on any atom is 0.138 e. The van der Waals surface area contributed by atoms with Crippen molar-refractivity contribution in [2.24, 2.45) is 0 Å². The molecule has 0 amide bonds. The van der Waals surface area contributed by atoms with E-state index in [0.29, 0.717) is 18.1 Å². The van der Waals surface area contributed by atoms with Crippen LogP contribution < -0.4 is 4.74 Å². The van der Waals surface area contributed by atoms with Crippen LogP contribution in [-0.4, -0.2) is 62.3 Å². The van der Waals surface area contributed by atoms with Crippen molar-refractivity contribution >= 4 is 21.8 Å². The zero-order valence-electron chi connectivity index (χ0n) is 20.4. The molecule has 37 heavy (non-hydrogen) atoms. The monoisotopic (exact) mass is 493 g/mol. The second-order valence-electron chi connectivity index (χ2n) is 9.06. The lowest BCUT2D eigenvalue weighted by Gasteiger charge is -2.11. The number of nitrogens with one attached hydrogen (secondary N) is 2. The number of benzene rings is 1. The van der Waals surface area contributed by atoms with Crippen LogP contribution in [0.15, 0.2) is 73.3 Å². The summed E-state index contributed by atoms with van der Waals surface area (Å²) in [5.74, 6) is 0.397. The van der Waals surface area contributed by atoms with Crippen molar-refractivity contribution in [3.63, 3.8) is 0 Å². The Bertz CT molecular complexity index is 1720. The fraction of sp³-hybridized carbons (Fsp3) is 0.143. The SMILES string of the molecule is CN(C)CCOc1cncc(-c2cc3c(-c4cc5c(-c6cccc(F)c6)nccc5[nH]4)n[nH]c3cn2)c1. The van der Waals surface area contributed by atoms with Gasteiger partial charge in [-0.2, -0.15) is 5.10 Å². The van der Waals surface area contributed by atoms with E-state index in [4.69, 9.17) is 4.74 Å². The maximum absolute atomic E-state index is 13.9. The maximum atomic E-state index is 13.9. The molecule has 0 spiro atoms. The lowest BCUT2D eigenvalue weighted by molar-refractivity contribution is 0.261. The Morgan fingerprint density at radius 1 is 0.892 bits per heavy atom. The van der Waals surface area contributed by atoms with Gasteiger partial charge in [0, 0.05) is 46.4 Å². The molecular weight excluding hydrogens is 469 g/mol. The van der Waals surface area contributed by atoms with Gasteiger partial charge < -0.3 is 14.6 Å². The number of fused-ring (bicyclic) bond motifs is 2. The van der Waals surface area contributed by atoms with Gasteiger partial charge >= 0.3 is 0 Å². The Balaban J connectivity index is 1.38. The fourth-order valence-electron chi connectivity index (χ4n) is 4.31. The third-order valence-electron chi connectivity index (χ3n) is 6.16. The molecule has 0 aliphatic heterocycles.